The summed E-state index contributed by atoms with van der Waals surface area (Å²) in [6, 6.07) is 5.86. The molecule has 1 unspecified atom stereocenters. The average molecular weight is 293 g/mol. The fraction of sp³-hybridized carbons (Fsp3) is 0.667. The summed E-state index contributed by atoms with van der Waals surface area (Å²) in [4.78, 5) is 0. The Kier molecular flexibility index (Phi) is 6.04. The summed E-state index contributed by atoms with van der Waals surface area (Å²) in [5.74, 6) is 0.770. The molecule has 0 bridgehead atoms. The van der Waals surface area contributed by atoms with Crippen LogP contribution < -0.4 is 10.1 Å². The molecule has 3 heteroatoms. The second kappa shape index (κ2) is 7.79. The fourth-order valence-electron chi connectivity index (χ4n) is 3.39. The molecule has 21 heavy (non-hydrogen) atoms. The van der Waals surface area contributed by atoms with Gasteiger partial charge in [-0.05, 0) is 50.3 Å². The normalized spacial score (nSPS) is 19.8. The molecule has 2 nitrogen and oxygen atoms in total. The van der Waals surface area contributed by atoms with Gasteiger partial charge >= 0.3 is 0 Å². The average Bonchev–Trinajstić information content (AvgIpc) is 2.76. The van der Waals surface area contributed by atoms with E-state index in [-0.39, 0.29) is 11.9 Å². The van der Waals surface area contributed by atoms with E-state index >= 15 is 0 Å². The van der Waals surface area contributed by atoms with Gasteiger partial charge in [0.05, 0.1) is 7.11 Å². The van der Waals surface area contributed by atoms with Gasteiger partial charge in [-0.1, -0.05) is 31.7 Å². The first-order valence-corrected chi connectivity index (χ1v) is 8.21. The number of hydrogen-bond donors (Lipinski definition) is 1. The van der Waals surface area contributed by atoms with Crippen LogP contribution in [0.5, 0.6) is 5.75 Å². The summed E-state index contributed by atoms with van der Waals surface area (Å²) in [5, 5.41) is 3.65. The molecule has 1 N–H and O–H groups in total. The monoisotopic (exact) mass is 293 g/mol. The summed E-state index contributed by atoms with van der Waals surface area (Å²) >= 11 is 0. The van der Waals surface area contributed by atoms with E-state index in [2.05, 4.69) is 19.2 Å². The number of nitrogens with one attached hydrogen (secondary N) is 1. The zero-order valence-corrected chi connectivity index (χ0v) is 13.5. The summed E-state index contributed by atoms with van der Waals surface area (Å²) < 4.78 is 18.8. The maximum Gasteiger partial charge on any atom is 0.165 e. The third kappa shape index (κ3) is 4.44. The molecule has 0 aromatic heterocycles. The summed E-state index contributed by atoms with van der Waals surface area (Å²) in [7, 11) is 1.49. The molecule has 0 aliphatic heterocycles. The molecule has 1 fully saturated rings. The lowest BCUT2D eigenvalue weighted by Crippen LogP contribution is -2.35. The van der Waals surface area contributed by atoms with Gasteiger partial charge in [-0.15, -0.1) is 0 Å². The first-order chi connectivity index (χ1) is 10.1. The maximum absolute atomic E-state index is 13.8. The minimum absolute atomic E-state index is 0.156. The summed E-state index contributed by atoms with van der Waals surface area (Å²) in [5.41, 5.74) is 0.980. The largest absolute Gasteiger partial charge is 0.494 e. The Labute approximate surface area is 128 Å². The van der Waals surface area contributed by atoms with E-state index in [9.17, 15) is 4.39 Å². The van der Waals surface area contributed by atoms with Gasteiger partial charge in [0, 0.05) is 12.1 Å². The molecule has 1 aliphatic rings. The van der Waals surface area contributed by atoms with Gasteiger partial charge in [-0.25, -0.2) is 4.39 Å². The van der Waals surface area contributed by atoms with Crippen LogP contribution in [0, 0.1) is 11.7 Å². The third-order valence-electron chi connectivity index (χ3n) is 4.80. The molecule has 118 valence electrons. The van der Waals surface area contributed by atoms with Crippen LogP contribution in [0.15, 0.2) is 18.2 Å². The molecule has 2 atom stereocenters. The predicted molar refractivity (Wildman–Crippen MR) is 85.2 cm³/mol. The molecule has 1 aromatic carbocycles. The molecule has 1 saturated carbocycles. The van der Waals surface area contributed by atoms with Gasteiger partial charge in [-0.2, -0.15) is 0 Å². The molecule has 2 rings (SSSR count). The maximum atomic E-state index is 13.8. The molecular formula is C18H28FNO. The molecule has 1 aliphatic carbocycles. The number of benzene rings is 1. The van der Waals surface area contributed by atoms with Gasteiger partial charge in [0.1, 0.15) is 0 Å². The van der Waals surface area contributed by atoms with E-state index in [0.29, 0.717) is 11.8 Å². The van der Waals surface area contributed by atoms with E-state index in [1.165, 1.54) is 45.6 Å². The van der Waals surface area contributed by atoms with Crippen molar-refractivity contribution >= 4 is 0 Å². The van der Waals surface area contributed by atoms with E-state index in [0.717, 1.165) is 11.5 Å². The second-order valence-corrected chi connectivity index (χ2v) is 6.32. The summed E-state index contributed by atoms with van der Waals surface area (Å²) in [6.45, 7) is 4.38. The Balaban J connectivity index is 1.96. The van der Waals surface area contributed by atoms with Crippen molar-refractivity contribution in [1.82, 2.24) is 5.32 Å². The van der Waals surface area contributed by atoms with Crippen LogP contribution in [0.3, 0.4) is 0 Å². The van der Waals surface area contributed by atoms with Crippen LogP contribution in [0.4, 0.5) is 4.39 Å². The van der Waals surface area contributed by atoms with Crippen molar-refractivity contribution in [3.05, 3.63) is 29.6 Å². The van der Waals surface area contributed by atoms with Gasteiger partial charge in [-0.3, -0.25) is 0 Å². The zero-order chi connectivity index (χ0) is 15.2. The standard InChI is InChI=1S/C18H28FNO/c1-13(15-8-6-4-5-7-9-15)20-14(2)16-10-11-18(21-3)17(19)12-16/h10-15,20H,4-9H2,1-3H3/t13-,14?/m0/s1. The van der Waals surface area contributed by atoms with E-state index in [4.69, 9.17) is 4.74 Å². The van der Waals surface area contributed by atoms with Crippen LogP contribution in [0.2, 0.25) is 0 Å². The predicted octanol–water partition coefficient (Wildman–Crippen LogP) is 4.84. The molecular weight excluding hydrogens is 265 g/mol. The number of halogens is 1. The Bertz CT molecular complexity index is 441. The number of methoxy groups -OCH3 is 1. The van der Waals surface area contributed by atoms with Crippen LogP contribution in [-0.2, 0) is 0 Å². The topological polar surface area (TPSA) is 21.3 Å². The Morgan fingerprint density at radius 2 is 1.81 bits per heavy atom. The molecule has 0 amide bonds. The number of rotatable bonds is 5. The minimum Gasteiger partial charge on any atom is -0.494 e. The van der Waals surface area contributed by atoms with Crippen molar-refractivity contribution in [3.8, 4) is 5.75 Å². The first-order valence-electron chi connectivity index (χ1n) is 8.21. The number of hydrogen-bond acceptors (Lipinski definition) is 2. The van der Waals surface area contributed by atoms with Crippen molar-refractivity contribution < 1.29 is 9.13 Å². The highest BCUT2D eigenvalue weighted by atomic mass is 19.1. The van der Waals surface area contributed by atoms with Crippen molar-refractivity contribution in [2.75, 3.05) is 7.11 Å². The SMILES string of the molecule is COc1ccc(C(C)N[C@@H](C)C2CCCCCC2)cc1F. The van der Waals surface area contributed by atoms with Crippen molar-refractivity contribution in [2.24, 2.45) is 5.92 Å². The quantitative estimate of drug-likeness (QED) is 0.784. The van der Waals surface area contributed by atoms with Gasteiger partial charge in [0.25, 0.3) is 0 Å². The summed E-state index contributed by atoms with van der Waals surface area (Å²) in [6.07, 6.45) is 8.09. The highest BCUT2D eigenvalue weighted by Crippen LogP contribution is 2.27. The third-order valence-corrected chi connectivity index (χ3v) is 4.80. The van der Waals surface area contributed by atoms with Gasteiger partial charge in [0.15, 0.2) is 11.6 Å². The molecule has 1 aromatic rings. The van der Waals surface area contributed by atoms with Crippen LogP contribution in [0.25, 0.3) is 0 Å². The smallest absolute Gasteiger partial charge is 0.165 e. The fourth-order valence-corrected chi connectivity index (χ4v) is 3.39. The van der Waals surface area contributed by atoms with E-state index < -0.39 is 0 Å². The van der Waals surface area contributed by atoms with E-state index in [1.807, 2.05) is 6.07 Å². The van der Waals surface area contributed by atoms with Gasteiger partial charge < -0.3 is 10.1 Å². The van der Waals surface area contributed by atoms with Crippen molar-refractivity contribution in [2.45, 2.75) is 64.5 Å². The highest BCUT2D eigenvalue weighted by Gasteiger charge is 2.21. The lowest BCUT2D eigenvalue weighted by molar-refractivity contribution is 0.316. The Morgan fingerprint density at radius 1 is 1.14 bits per heavy atom. The van der Waals surface area contributed by atoms with Crippen molar-refractivity contribution in [1.29, 1.82) is 0 Å². The number of ether oxygens (including phenoxy) is 1. The lowest BCUT2D eigenvalue weighted by atomic mass is 9.92. The Hall–Kier alpha value is -1.09. The second-order valence-electron chi connectivity index (χ2n) is 6.32. The van der Waals surface area contributed by atoms with Gasteiger partial charge in [0.2, 0.25) is 0 Å². The van der Waals surface area contributed by atoms with Crippen LogP contribution in [0.1, 0.15) is 64.0 Å². The molecule has 0 radical (unpaired) electrons. The molecule has 0 saturated heterocycles. The van der Waals surface area contributed by atoms with E-state index in [1.54, 1.807) is 12.1 Å². The zero-order valence-electron chi connectivity index (χ0n) is 13.5. The molecule has 0 spiro atoms. The minimum atomic E-state index is -0.286. The highest BCUT2D eigenvalue weighted by molar-refractivity contribution is 5.30. The first kappa shape index (κ1) is 16.3. The van der Waals surface area contributed by atoms with Crippen LogP contribution in [-0.4, -0.2) is 13.2 Å². The lowest BCUT2D eigenvalue weighted by Gasteiger charge is -2.27. The Morgan fingerprint density at radius 3 is 2.38 bits per heavy atom. The van der Waals surface area contributed by atoms with Crippen LogP contribution >= 0.6 is 0 Å². The van der Waals surface area contributed by atoms with Crippen molar-refractivity contribution in [3.63, 3.8) is 0 Å². The molecule has 0 heterocycles.